The van der Waals surface area contributed by atoms with Crippen molar-refractivity contribution in [2.24, 2.45) is 5.18 Å². The van der Waals surface area contributed by atoms with Gasteiger partial charge in [0.15, 0.2) is 6.17 Å². The van der Waals surface area contributed by atoms with E-state index in [4.69, 9.17) is 4.74 Å². The molecule has 1 heterocycles. The van der Waals surface area contributed by atoms with E-state index < -0.39 is 0 Å². The van der Waals surface area contributed by atoms with Gasteiger partial charge >= 0.3 is 0 Å². The molecule has 0 bridgehead atoms. The Morgan fingerprint density at radius 2 is 2.56 bits per heavy atom. The van der Waals surface area contributed by atoms with Crippen molar-refractivity contribution in [1.82, 2.24) is 4.90 Å². The van der Waals surface area contributed by atoms with Crippen molar-refractivity contribution in [3.05, 3.63) is 4.91 Å². The monoisotopic (exact) mass is 130 g/mol. The minimum atomic E-state index is -0.265. The number of rotatable bonds is 1. The summed E-state index contributed by atoms with van der Waals surface area (Å²) < 4.78 is 5.01. The Kier molecular flexibility index (Phi) is 2.13. The molecule has 1 atom stereocenters. The first-order valence-corrected chi connectivity index (χ1v) is 2.95. The maximum Gasteiger partial charge on any atom is 0.168 e. The van der Waals surface area contributed by atoms with Crippen LogP contribution in [0.2, 0.25) is 0 Å². The summed E-state index contributed by atoms with van der Waals surface area (Å²) in [4.78, 5) is 11.9. The van der Waals surface area contributed by atoms with Gasteiger partial charge in [0, 0.05) is 6.54 Å². The van der Waals surface area contributed by atoms with Gasteiger partial charge in [0.05, 0.1) is 13.2 Å². The van der Waals surface area contributed by atoms with Gasteiger partial charge in [0.2, 0.25) is 0 Å². The molecule has 0 aliphatic carbocycles. The van der Waals surface area contributed by atoms with Crippen molar-refractivity contribution in [3.8, 4) is 0 Å². The smallest absolute Gasteiger partial charge is 0.168 e. The zero-order valence-corrected chi connectivity index (χ0v) is 5.41. The summed E-state index contributed by atoms with van der Waals surface area (Å²) >= 11 is 0. The van der Waals surface area contributed by atoms with Crippen molar-refractivity contribution in [2.75, 3.05) is 26.8 Å². The lowest BCUT2D eigenvalue weighted by atomic mass is 10.4. The number of ether oxygens (including phenoxy) is 1. The minimum Gasteiger partial charge on any atom is -0.376 e. The van der Waals surface area contributed by atoms with Gasteiger partial charge in [-0.05, 0) is 12.2 Å². The van der Waals surface area contributed by atoms with Crippen LogP contribution in [0, 0.1) is 4.91 Å². The Hall–Kier alpha value is -0.480. The summed E-state index contributed by atoms with van der Waals surface area (Å²) in [5.41, 5.74) is 0. The Morgan fingerprint density at radius 1 is 1.78 bits per heavy atom. The van der Waals surface area contributed by atoms with Crippen LogP contribution in [-0.2, 0) is 4.74 Å². The molecule has 0 N–H and O–H groups in total. The molecule has 1 aliphatic heterocycles. The lowest BCUT2D eigenvalue weighted by Gasteiger charge is -2.26. The van der Waals surface area contributed by atoms with Crippen molar-refractivity contribution in [2.45, 2.75) is 6.17 Å². The second-order valence-corrected chi connectivity index (χ2v) is 2.14. The molecule has 0 spiro atoms. The highest BCUT2D eigenvalue weighted by molar-refractivity contribution is 4.68. The Morgan fingerprint density at radius 3 is 3.00 bits per heavy atom. The molecule has 1 rings (SSSR count). The average Bonchev–Trinajstić information content (AvgIpc) is 1.89. The fraction of sp³-hybridized carbons (Fsp3) is 1.00. The van der Waals surface area contributed by atoms with Gasteiger partial charge in [-0.25, -0.2) is 0 Å². The van der Waals surface area contributed by atoms with E-state index in [9.17, 15) is 4.91 Å². The average molecular weight is 130 g/mol. The molecule has 1 fully saturated rings. The van der Waals surface area contributed by atoms with Crippen LogP contribution in [0.4, 0.5) is 0 Å². The molecular formula is C5H10N2O2. The first-order valence-electron chi connectivity index (χ1n) is 2.95. The standard InChI is InChI=1S/C5H10N2O2/c1-7-2-3-9-4-5(7)6-8/h5H,2-4H2,1H3. The highest BCUT2D eigenvalue weighted by Crippen LogP contribution is 2.03. The van der Waals surface area contributed by atoms with Crippen molar-refractivity contribution in [1.29, 1.82) is 0 Å². The number of nitroso groups, excluding NO2 is 1. The van der Waals surface area contributed by atoms with Gasteiger partial charge in [0.25, 0.3) is 0 Å². The Balaban J connectivity index is 2.38. The third-order valence-corrected chi connectivity index (χ3v) is 1.49. The fourth-order valence-corrected chi connectivity index (χ4v) is 0.784. The van der Waals surface area contributed by atoms with Crippen molar-refractivity contribution < 1.29 is 4.74 Å². The van der Waals surface area contributed by atoms with E-state index in [0.29, 0.717) is 13.2 Å². The molecular weight excluding hydrogens is 120 g/mol. The van der Waals surface area contributed by atoms with E-state index in [1.165, 1.54) is 0 Å². The summed E-state index contributed by atoms with van der Waals surface area (Å²) in [7, 11) is 1.87. The van der Waals surface area contributed by atoms with Crippen LogP contribution < -0.4 is 0 Å². The third-order valence-electron chi connectivity index (χ3n) is 1.49. The molecule has 9 heavy (non-hydrogen) atoms. The SMILES string of the molecule is CN1CCOCC1N=O. The molecule has 0 radical (unpaired) electrons. The molecule has 4 nitrogen and oxygen atoms in total. The Bertz CT molecular complexity index is 107. The zero-order valence-electron chi connectivity index (χ0n) is 5.41. The van der Waals surface area contributed by atoms with Crippen molar-refractivity contribution in [3.63, 3.8) is 0 Å². The van der Waals surface area contributed by atoms with Gasteiger partial charge < -0.3 is 4.74 Å². The highest BCUT2D eigenvalue weighted by atomic mass is 16.5. The molecule has 1 aliphatic rings. The fourth-order valence-electron chi connectivity index (χ4n) is 0.784. The van der Waals surface area contributed by atoms with Crippen LogP contribution in [0.15, 0.2) is 5.18 Å². The highest BCUT2D eigenvalue weighted by Gasteiger charge is 2.18. The van der Waals surface area contributed by atoms with Gasteiger partial charge in [-0.3, -0.25) is 4.90 Å². The number of hydrogen-bond acceptors (Lipinski definition) is 4. The quantitative estimate of drug-likeness (QED) is 0.471. The van der Waals surface area contributed by atoms with E-state index in [0.717, 1.165) is 6.54 Å². The van der Waals surface area contributed by atoms with Gasteiger partial charge in [0.1, 0.15) is 0 Å². The summed E-state index contributed by atoms with van der Waals surface area (Å²) in [5, 5.41) is 2.88. The summed E-state index contributed by atoms with van der Waals surface area (Å²) in [6, 6.07) is 0. The van der Waals surface area contributed by atoms with Crippen LogP contribution in [0.25, 0.3) is 0 Å². The summed E-state index contributed by atoms with van der Waals surface area (Å²) in [6.07, 6.45) is -0.265. The van der Waals surface area contributed by atoms with Crippen molar-refractivity contribution >= 4 is 0 Å². The van der Waals surface area contributed by atoms with Crippen LogP contribution in [-0.4, -0.2) is 37.9 Å². The minimum absolute atomic E-state index is 0.265. The number of morpholine rings is 1. The van der Waals surface area contributed by atoms with Gasteiger partial charge in [-0.2, -0.15) is 0 Å². The van der Waals surface area contributed by atoms with Gasteiger partial charge in [-0.15, -0.1) is 4.91 Å². The van der Waals surface area contributed by atoms with E-state index in [2.05, 4.69) is 5.18 Å². The largest absolute Gasteiger partial charge is 0.376 e. The number of nitrogens with zero attached hydrogens (tertiary/aromatic N) is 2. The third kappa shape index (κ3) is 1.46. The first-order chi connectivity index (χ1) is 4.34. The lowest BCUT2D eigenvalue weighted by molar-refractivity contribution is 0.00884. The van der Waals surface area contributed by atoms with E-state index in [1.807, 2.05) is 11.9 Å². The second kappa shape index (κ2) is 2.89. The summed E-state index contributed by atoms with van der Waals surface area (Å²) in [6.45, 7) is 1.96. The molecule has 52 valence electrons. The maximum absolute atomic E-state index is 10.00. The van der Waals surface area contributed by atoms with E-state index in [-0.39, 0.29) is 6.17 Å². The second-order valence-electron chi connectivity index (χ2n) is 2.14. The molecule has 4 heteroatoms. The summed E-state index contributed by atoms with van der Waals surface area (Å²) in [5.74, 6) is 0. The molecule has 0 amide bonds. The first kappa shape index (κ1) is 6.64. The van der Waals surface area contributed by atoms with Gasteiger partial charge in [-0.1, -0.05) is 0 Å². The van der Waals surface area contributed by atoms with Crippen LogP contribution >= 0.6 is 0 Å². The van der Waals surface area contributed by atoms with Crippen LogP contribution in [0.3, 0.4) is 0 Å². The lowest BCUT2D eigenvalue weighted by Crippen LogP contribution is -2.41. The van der Waals surface area contributed by atoms with Crippen LogP contribution in [0.5, 0.6) is 0 Å². The molecule has 0 aromatic rings. The number of hydrogen-bond donors (Lipinski definition) is 0. The Labute approximate surface area is 53.8 Å². The number of likely N-dealkylation sites (N-methyl/N-ethyl adjacent to an activating group) is 1. The predicted molar refractivity (Wildman–Crippen MR) is 33.0 cm³/mol. The van der Waals surface area contributed by atoms with Crippen LogP contribution in [0.1, 0.15) is 0 Å². The normalized spacial score (nSPS) is 30.1. The molecule has 1 unspecified atom stereocenters. The molecule has 0 aromatic carbocycles. The maximum atomic E-state index is 10.00. The molecule has 0 aromatic heterocycles. The zero-order chi connectivity index (χ0) is 6.69. The molecule has 1 saturated heterocycles. The topological polar surface area (TPSA) is 41.9 Å². The molecule has 0 saturated carbocycles. The van der Waals surface area contributed by atoms with E-state index in [1.54, 1.807) is 0 Å². The predicted octanol–water partition coefficient (Wildman–Crippen LogP) is 0.0409. The van der Waals surface area contributed by atoms with E-state index >= 15 is 0 Å².